The van der Waals surface area contributed by atoms with Crippen molar-refractivity contribution < 1.29 is 13.2 Å². The van der Waals surface area contributed by atoms with Crippen LogP contribution in [0.4, 0.5) is 5.69 Å². The Hall–Kier alpha value is -4.02. The van der Waals surface area contributed by atoms with Crippen LogP contribution < -0.4 is 21.3 Å². The summed E-state index contributed by atoms with van der Waals surface area (Å²) in [5, 5.41) is 2.89. The van der Waals surface area contributed by atoms with Gasteiger partial charge in [-0.05, 0) is 54.8 Å². The molecule has 0 aliphatic heterocycles. The van der Waals surface area contributed by atoms with Gasteiger partial charge >= 0.3 is 5.69 Å². The lowest BCUT2D eigenvalue weighted by molar-refractivity contribution is -0.117. The Morgan fingerprint density at radius 2 is 1.58 bits per heavy atom. The van der Waals surface area contributed by atoms with Gasteiger partial charge < -0.3 is 5.32 Å². The average Bonchev–Trinajstić information content (AvgIpc) is 2.87. The van der Waals surface area contributed by atoms with Crippen molar-refractivity contribution >= 4 is 32.5 Å². The molecule has 36 heavy (non-hydrogen) atoms. The molecule has 0 saturated carbocycles. The van der Waals surface area contributed by atoms with Crippen molar-refractivity contribution in [3.05, 3.63) is 104 Å². The number of aryl methyl sites for hydroxylation is 3. The summed E-state index contributed by atoms with van der Waals surface area (Å²) in [5.41, 5.74) is 1.97. The monoisotopic (exact) mass is 506 g/mol. The van der Waals surface area contributed by atoms with Crippen LogP contribution >= 0.6 is 0 Å². The summed E-state index contributed by atoms with van der Waals surface area (Å²) in [4.78, 5) is 38.0. The number of hydrogen-bond donors (Lipinski definition) is 2. The van der Waals surface area contributed by atoms with Crippen LogP contribution in [0.2, 0.25) is 0 Å². The van der Waals surface area contributed by atoms with Crippen LogP contribution in [0.3, 0.4) is 0 Å². The largest absolute Gasteiger partial charge is 0.330 e. The minimum absolute atomic E-state index is 0.0681. The molecule has 0 fully saturated rings. The smallest absolute Gasteiger partial charge is 0.324 e. The molecule has 0 spiro atoms. The average molecular weight is 507 g/mol. The summed E-state index contributed by atoms with van der Waals surface area (Å²) in [6, 6.07) is 16.8. The van der Waals surface area contributed by atoms with Gasteiger partial charge in [0.15, 0.2) is 0 Å². The number of carbonyl (C=O) groups excluding carboxylic acids is 1. The molecule has 4 aromatic rings. The Morgan fingerprint density at radius 3 is 2.28 bits per heavy atom. The zero-order chi connectivity index (χ0) is 26.2. The van der Waals surface area contributed by atoms with E-state index in [4.69, 9.17) is 0 Å². The van der Waals surface area contributed by atoms with Gasteiger partial charge in [-0.25, -0.2) is 13.2 Å². The van der Waals surface area contributed by atoms with Gasteiger partial charge in [-0.1, -0.05) is 42.5 Å². The predicted octanol–water partition coefficient (Wildman–Crippen LogP) is 2.51. The van der Waals surface area contributed by atoms with E-state index in [1.165, 1.54) is 36.9 Å². The lowest BCUT2D eigenvalue weighted by Gasteiger charge is -2.20. The molecule has 2 N–H and O–H groups in total. The third-order valence-electron chi connectivity index (χ3n) is 6.07. The van der Waals surface area contributed by atoms with Crippen molar-refractivity contribution in [2.75, 3.05) is 5.32 Å². The lowest BCUT2D eigenvalue weighted by Crippen LogP contribution is -2.38. The van der Waals surface area contributed by atoms with Crippen LogP contribution in [-0.4, -0.2) is 23.5 Å². The summed E-state index contributed by atoms with van der Waals surface area (Å²) in [6.07, 6.45) is 0. The molecule has 1 unspecified atom stereocenters. The number of fused-ring (bicyclic) bond motifs is 1. The van der Waals surface area contributed by atoms with Gasteiger partial charge in [0.05, 0.1) is 15.8 Å². The van der Waals surface area contributed by atoms with E-state index in [2.05, 4.69) is 10.0 Å². The number of rotatable bonds is 6. The van der Waals surface area contributed by atoms with E-state index >= 15 is 0 Å². The first-order valence-corrected chi connectivity index (χ1v) is 12.6. The molecule has 1 aromatic heterocycles. The van der Waals surface area contributed by atoms with Crippen molar-refractivity contribution in [3.63, 3.8) is 0 Å². The second-order valence-electron chi connectivity index (χ2n) is 8.66. The molecule has 1 heterocycles. The number of sulfonamides is 1. The van der Waals surface area contributed by atoms with Crippen LogP contribution in [0.15, 0.2) is 81.2 Å². The highest BCUT2D eigenvalue weighted by Gasteiger charge is 2.28. The second-order valence-corrected chi connectivity index (χ2v) is 10.4. The van der Waals surface area contributed by atoms with Crippen LogP contribution in [0.25, 0.3) is 10.9 Å². The van der Waals surface area contributed by atoms with E-state index in [-0.39, 0.29) is 10.3 Å². The van der Waals surface area contributed by atoms with Crippen molar-refractivity contribution in [2.45, 2.75) is 24.8 Å². The molecule has 0 aliphatic carbocycles. The Kier molecular flexibility index (Phi) is 6.66. The van der Waals surface area contributed by atoms with Crippen LogP contribution in [-0.2, 0) is 28.9 Å². The predicted molar refractivity (Wildman–Crippen MR) is 138 cm³/mol. The molecule has 4 rings (SSSR count). The molecule has 186 valence electrons. The molecule has 0 saturated heterocycles. The number of aromatic nitrogens is 2. The molecule has 1 atom stereocenters. The Bertz CT molecular complexity index is 1710. The Labute approximate surface area is 208 Å². The van der Waals surface area contributed by atoms with Crippen molar-refractivity contribution in [3.8, 4) is 0 Å². The second kappa shape index (κ2) is 9.56. The van der Waals surface area contributed by atoms with Gasteiger partial charge in [-0.2, -0.15) is 4.72 Å². The molecule has 0 radical (unpaired) electrons. The normalized spacial score (nSPS) is 12.4. The number of nitrogens with zero attached hydrogens (tertiary/aromatic N) is 2. The summed E-state index contributed by atoms with van der Waals surface area (Å²) >= 11 is 0. The number of anilines is 1. The highest BCUT2D eigenvalue weighted by Crippen LogP contribution is 2.23. The molecule has 0 bridgehead atoms. The van der Waals surface area contributed by atoms with Gasteiger partial charge in [-0.15, -0.1) is 0 Å². The number of benzene rings is 3. The lowest BCUT2D eigenvalue weighted by atomic mass is 10.1. The van der Waals surface area contributed by atoms with Gasteiger partial charge in [0, 0.05) is 19.8 Å². The number of carbonyl (C=O) groups is 1. The van der Waals surface area contributed by atoms with Crippen molar-refractivity contribution in [2.24, 2.45) is 14.1 Å². The van der Waals surface area contributed by atoms with E-state index in [0.29, 0.717) is 16.8 Å². The van der Waals surface area contributed by atoms with Gasteiger partial charge in [0.1, 0.15) is 6.04 Å². The molecule has 9 nitrogen and oxygen atoms in total. The third kappa shape index (κ3) is 4.73. The van der Waals surface area contributed by atoms with Gasteiger partial charge in [0.25, 0.3) is 5.56 Å². The fraction of sp³-hybridized carbons (Fsp3) is 0.192. The summed E-state index contributed by atoms with van der Waals surface area (Å²) in [7, 11) is -1.43. The first-order valence-electron chi connectivity index (χ1n) is 11.1. The zero-order valence-corrected chi connectivity index (χ0v) is 21.1. The summed E-state index contributed by atoms with van der Waals surface area (Å²) < 4.78 is 31.5. The first-order chi connectivity index (χ1) is 17.0. The maximum absolute atomic E-state index is 13.4. The van der Waals surface area contributed by atoms with Gasteiger partial charge in [0.2, 0.25) is 15.9 Å². The van der Waals surface area contributed by atoms with E-state index in [9.17, 15) is 22.8 Å². The fourth-order valence-electron chi connectivity index (χ4n) is 3.96. The van der Waals surface area contributed by atoms with E-state index in [1.54, 1.807) is 30.3 Å². The molecule has 3 aromatic carbocycles. The summed E-state index contributed by atoms with van der Waals surface area (Å²) in [5.74, 6) is -0.558. The molecular weight excluding hydrogens is 480 g/mol. The molecule has 0 aliphatic rings. The van der Waals surface area contributed by atoms with Crippen molar-refractivity contribution in [1.82, 2.24) is 13.9 Å². The first kappa shape index (κ1) is 25.1. The third-order valence-corrected chi connectivity index (χ3v) is 7.49. The topological polar surface area (TPSA) is 119 Å². The maximum atomic E-state index is 13.4. The standard InChI is InChI=1S/C26H26N4O5S/c1-16-10-11-17(2)21(14-16)27-24(31)23(18-8-6-5-7-9-18)28-36(34,35)19-12-13-22-20(15-19)25(32)30(4)26(33)29(22)3/h5-15,23,28H,1-4H3,(H,27,31). The highest BCUT2D eigenvalue weighted by molar-refractivity contribution is 7.89. The quantitative estimate of drug-likeness (QED) is 0.417. The summed E-state index contributed by atoms with van der Waals surface area (Å²) in [6.45, 7) is 3.74. The highest BCUT2D eigenvalue weighted by atomic mass is 32.2. The van der Waals surface area contributed by atoms with Crippen LogP contribution in [0.1, 0.15) is 22.7 Å². The minimum atomic E-state index is -4.25. The molecule has 10 heteroatoms. The van der Waals surface area contributed by atoms with Crippen molar-refractivity contribution in [1.29, 1.82) is 0 Å². The van der Waals surface area contributed by atoms with Crippen LogP contribution in [0, 0.1) is 13.8 Å². The molecule has 1 amide bonds. The van der Waals surface area contributed by atoms with Crippen LogP contribution in [0.5, 0.6) is 0 Å². The van der Waals surface area contributed by atoms with E-state index < -0.39 is 33.2 Å². The number of nitrogens with one attached hydrogen (secondary N) is 2. The fourth-order valence-corrected chi connectivity index (χ4v) is 5.17. The number of hydrogen-bond acceptors (Lipinski definition) is 5. The maximum Gasteiger partial charge on any atom is 0.330 e. The van der Waals surface area contributed by atoms with E-state index in [0.717, 1.165) is 15.7 Å². The minimum Gasteiger partial charge on any atom is -0.324 e. The number of amides is 1. The Balaban J connectivity index is 1.76. The van der Waals surface area contributed by atoms with Gasteiger partial charge in [-0.3, -0.25) is 18.7 Å². The zero-order valence-electron chi connectivity index (χ0n) is 20.3. The Morgan fingerprint density at radius 1 is 0.889 bits per heavy atom. The van der Waals surface area contributed by atoms with E-state index in [1.807, 2.05) is 32.0 Å². The SMILES string of the molecule is Cc1ccc(C)c(NC(=O)C(NS(=O)(=O)c2ccc3c(c2)c(=O)n(C)c(=O)n3C)c2ccccc2)c1. The molecular formula is C26H26N4O5S.